The molecule has 0 aromatic heterocycles. The molecule has 0 spiro atoms. The quantitative estimate of drug-likeness (QED) is 0.0362. The van der Waals surface area contributed by atoms with Crippen molar-refractivity contribution in [1.82, 2.24) is 5.32 Å². The van der Waals surface area contributed by atoms with Gasteiger partial charge in [-0.3, -0.25) is 4.79 Å². The Hall–Kier alpha value is -1.17. The van der Waals surface area contributed by atoms with Gasteiger partial charge in [-0.15, -0.1) is 0 Å². The maximum Gasteiger partial charge on any atom is 0.249 e. The molecule has 5 nitrogen and oxygen atoms in total. The minimum absolute atomic E-state index is 0.311. The second-order valence-electron chi connectivity index (χ2n) is 19.5. The number of allylic oxidation sites excluding steroid dienone is 4. The van der Waals surface area contributed by atoms with Gasteiger partial charge in [0, 0.05) is 0 Å². The van der Waals surface area contributed by atoms with Gasteiger partial charge in [-0.2, -0.15) is 0 Å². The van der Waals surface area contributed by atoms with Crippen molar-refractivity contribution in [2.75, 3.05) is 6.61 Å². The predicted octanol–water partition coefficient (Wildman–Crippen LogP) is 17.3. The molecular formula is C57H111NO4. The van der Waals surface area contributed by atoms with Crippen LogP contribution in [0.3, 0.4) is 0 Å². The fourth-order valence-electron chi connectivity index (χ4n) is 8.93. The Bertz CT molecular complexity index is 920. The number of carbonyl (C=O) groups is 1. The lowest BCUT2D eigenvalue weighted by Gasteiger charge is -2.23. The van der Waals surface area contributed by atoms with Gasteiger partial charge in [0.1, 0.15) is 6.10 Å². The van der Waals surface area contributed by atoms with Crippen LogP contribution in [0.5, 0.6) is 0 Å². The third kappa shape index (κ3) is 46.8. The van der Waals surface area contributed by atoms with Crippen molar-refractivity contribution >= 4 is 5.91 Å². The van der Waals surface area contributed by atoms with Gasteiger partial charge in [-0.05, 0) is 44.9 Å². The summed E-state index contributed by atoms with van der Waals surface area (Å²) < 4.78 is 0. The Labute approximate surface area is 388 Å². The van der Waals surface area contributed by atoms with Crippen molar-refractivity contribution in [3.63, 3.8) is 0 Å². The standard InChI is InChI=1S/C57H111NO4/c1-3-5-7-9-11-13-15-17-19-20-21-22-23-24-25-26-27-28-29-30-31-32-33-34-35-36-37-38-40-42-44-46-48-50-52-56(61)57(62)58-54(53-59)55(60)51-49-47-45-43-41-39-18-16-14-12-10-8-6-4-2/h23-24,26-27,54-56,59-61H,3-22,25,28-53H2,1-2H3,(H,58,62)/b24-23-,27-26-. The van der Waals surface area contributed by atoms with Gasteiger partial charge in [0.05, 0.1) is 18.8 Å². The Kier molecular flexibility index (Phi) is 51.5. The van der Waals surface area contributed by atoms with E-state index >= 15 is 0 Å². The lowest BCUT2D eigenvalue weighted by atomic mass is 10.0. The molecule has 0 fully saturated rings. The molecule has 0 rings (SSSR count). The molecule has 3 unspecified atom stereocenters. The zero-order chi connectivity index (χ0) is 45.1. The molecule has 0 aliphatic rings. The predicted molar refractivity (Wildman–Crippen MR) is 273 cm³/mol. The summed E-state index contributed by atoms with van der Waals surface area (Å²) in [5, 5.41) is 33.5. The zero-order valence-corrected chi connectivity index (χ0v) is 42.0. The summed E-state index contributed by atoms with van der Waals surface area (Å²) >= 11 is 0. The van der Waals surface area contributed by atoms with Crippen molar-refractivity contribution in [1.29, 1.82) is 0 Å². The number of aliphatic hydroxyl groups is 3. The summed E-state index contributed by atoms with van der Waals surface area (Å²) in [6, 6.07) is -0.710. The first kappa shape index (κ1) is 60.8. The minimum atomic E-state index is -1.07. The third-order valence-corrected chi connectivity index (χ3v) is 13.3. The summed E-state index contributed by atoms with van der Waals surface area (Å²) in [5.74, 6) is -0.467. The van der Waals surface area contributed by atoms with Crippen LogP contribution < -0.4 is 5.32 Å². The average Bonchev–Trinajstić information content (AvgIpc) is 3.28. The number of hydrogen-bond donors (Lipinski definition) is 4. The molecule has 0 aliphatic heterocycles. The van der Waals surface area contributed by atoms with E-state index in [-0.39, 0.29) is 6.61 Å². The van der Waals surface area contributed by atoms with E-state index in [0.29, 0.717) is 12.8 Å². The second kappa shape index (κ2) is 52.5. The van der Waals surface area contributed by atoms with E-state index in [2.05, 4.69) is 43.5 Å². The van der Waals surface area contributed by atoms with Gasteiger partial charge in [-0.25, -0.2) is 0 Å². The highest BCUT2D eigenvalue weighted by Crippen LogP contribution is 2.18. The lowest BCUT2D eigenvalue weighted by Crippen LogP contribution is -2.49. The number of carbonyl (C=O) groups excluding carboxylic acids is 1. The van der Waals surface area contributed by atoms with Gasteiger partial charge < -0.3 is 20.6 Å². The molecule has 0 heterocycles. The molecule has 0 bridgehead atoms. The normalized spacial score (nSPS) is 13.4. The van der Waals surface area contributed by atoms with Gasteiger partial charge in [0.2, 0.25) is 5.91 Å². The highest BCUT2D eigenvalue weighted by Gasteiger charge is 2.23. The van der Waals surface area contributed by atoms with Crippen molar-refractivity contribution in [2.24, 2.45) is 0 Å². The molecule has 3 atom stereocenters. The Morgan fingerprint density at radius 3 is 0.968 bits per heavy atom. The second-order valence-corrected chi connectivity index (χ2v) is 19.5. The van der Waals surface area contributed by atoms with Gasteiger partial charge >= 0.3 is 0 Å². The fraction of sp³-hybridized carbons (Fsp3) is 0.912. The van der Waals surface area contributed by atoms with E-state index in [1.165, 1.54) is 244 Å². The van der Waals surface area contributed by atoms with Crippen LogP contribution in [0.4, 0.5) is 0 Å². The first-order chi connectivity index (χ1) is 30.6. The van der Waals surface area contributed by atoms with Crippen LogP contribution in [0, 0.1) is 0 Å². The number of rotatable bonds is 52. The molecule has 4 N–H and O–H groups in total. The summed E-state index contributed by atoms with van der Waals surface area (Å²) in [6.07, 6.45) is 66.6. The topological polar surface area (TPSA) is 89.8 Å². The average molecular weight is 875 g/mol. The molecule has 0 aliphatic carbocycles. The Morgan fingerprint density at radius 1 is 0.387 bits per heavy atom. The van der Waals surface area contributed by atoms with E-state index in [1.54, 1.807) is 0 Å². The molecule has 368 valence electrons. The van der Waals surface area contributed by atoms with Crippen LogP contribution in [0.1, 0.15) is 309 Å². The number of hydrogen-bond acceptors (Lipinski definition) is 4. The number of unbranched alkanes of at least 4 members (excludes halogenated alkanes) is 40. The molecule has 1 amide bonds. The Balaban J connectivity index is 3.48. The third-order valence-electron chi connectivity index (χ3n) is 13.3. The van der Waals surface area contributed by atoms with Crippen molar-refractivity contribution in [3.05, 3.63) is 24.3 Å². The number of nitrogens with one attached hydrogen (secondary N) is 1. The molecule has 0 aromatic rings. The highest BCUT2D eigenvalue weighted by molar-refractivity contribution is 5.80. The van der Waals surface area contributed by atoms with Crippen molar-refractivity contribution in [3.8, 4) is 0 Å². The summed E-state index contributed by atoms with van der Waals surface area (Å²) in [6.45, 7) is 4.25. The van der Waals surface area contributed by atoms with Crippen LogP contribution in [0.2, 0.25) is 0 Å². The van der Waals surface area contributed by atoms with Crippen molar-refractivity contribution in [2.45, 2.75) is 327 Å². The van der Waals surface area contributed by atoms with Gasteiger partial charge in [-0.1, -0.05) is 289 Å². The largest absolute Gasteiger partial charge is 0.394 e. The first-order valence-electron chi connectivity index (χ1n) is 28.1. The van der Waals surface area contributed by atoms with E-state index in [1.807, 2.05) is 0 Å². The lowest BCUT2D eigenvalue weighted by molar-refractivity contribution is -0.131. The minimum Gasteiger partial charge on any atom is -0.394 e. The summed E-state index contributed by atoms with van der Waals surface area (Å²) in [5.41, 5.74) is 0. The molecule has 0 saturated heterocycles. The van der Waals surface area contributed by atoms with E-state index in [0.717, 1.165) is 38.5 Å². The van der Waals surface area contributed by atoms with Crippen LogP contribution in [0.25, 0.3) is 0 Å². The molecular weight excluding hydrogens is 763 g/mol. The molecule has 0 radical (unpaired) electrons. The first-order valence-corrected chi connectivity index (χ1v) is 28.1. The molecule has 0 saturated carbocycles. The monoisotopic (exact) mass is 874 g/mol. The molecule has 5 heteroatoms. The fourth-order valence-corrected chi connectivity index (χ4v) is 8.93. The van der Waals surface area contributed by atoms with Gasteiger partial charge in [0.25, 0.3) is 0 Å². The van der Waals surface area contributed by atoms with E-state index in [9.17, 15) is 20.1 Å². The smallest absolute Gasteiger partial charge is 0.249 e. The number of amides is 1. The molecule has 62 heavy (non-hydrogen) atoms. The maximum absolute atomic E-state index is 12.5. The SMILES string of the molecule is CCCCCCCCCCCCC/C=C\C/C=C\CCCCCCCCCCCCCCCCCCC(O)C(=O)NC(CO)C(O)CCCCCCCCCCCCCCCC. The Morgan fingerprint density at radius 2 is 0.661 bits per heavy atom. The number of aliphatic hydroxyl groups excluding tert-OH is 3. The summed E-state index contributed by atoms with van der Waals surface area (Å²) in [7, 11) is 0. The van der Waals surface area contributed by atoms with E-state index < -0.39 is 24.2 Å². The van der Waals surface area contributed by atoms with Crippen LogP contribution in [-0.2, 0) is 4.79 Å². The molecule has 0 aromatic carbocycles. The van der Waals surface area contributed by atoms with Crippen molar-refractivity contribution < 1.29 is 20.1 Å². The van der Waals surface area contributed by atoms with Gasteiger partial charge in [0.15, 0.2) is 0 Å². The maximum atomic E-state index is 12.5. The van der Waals surface area contributed by atoms with E-state index in [4.69, 9.17) is 0 Å². The zero-order valence-electron chi connectivity index (χ0n) is 42.0. The van der Waals surface area contributed by atoms with Crippen LogP contribution in [-0.4, -0.2) is 46.1 Å². The van der Waals surface area contributed by atoms with Crippen LogP contribution >= 0.6 is 0 Å². The van der Waals surface area contributed by atoms with Crippen LogP contribution in [0.15, 0.2) is 24.3 Å². The summed E-state index contributed by atoms with van der Waals surface area (Å²) in [4.78, 5) is 12.5. The highest BCUT2D eigenvalue weighted by atomic mass is 16.3.